The van der Waals surface area contributed by atoms with Crippen molar-refractivity contribution in [2.75, 3.05) is 0 Å². The molecule has 0 bridgehead atoms. The Bertz CT molecular complexity index is 316. The number of allylic oxidation sites excluding steroid dienone is 1. The summed E-state index contributed by atoms with van der Waals surface area (Å²) < 4.78 is 0. The summed E-state index contributed by atoms with van der Waals surface area (Å²) in [7, 11) is 0. The van der Waals surface area contributed by atoms with E-state index in [9.17, 15) is 0 Å². The van der Waals surface area contributed by atoms with Crippen molar-refractivity contribution >= 4 is 10.9 Å². The van der Waals surface area contributed by atoms with Gasteiger partial charge in [0, 0.05) is 11.7 Å². The van der Waals surface area contributed by atoms with E-state index in [0.29, 0.717) is 0 Å². The molecule has 0 radical (unpaired) electrons. The summed E-state index contributed by atoms with van der Waals surface area (Å²) in [5.41, 5.74) is 1.21. The molecule has 1 aromatic heterocycles. The lowest BCUT2D eigenvalue weighted by atomic mass is 10.3. The first kappa shape index (κ1) is 8.60. The minimum atomic E-state index is 1.21. The second kappa shape index (κ2) is 4.39. The van der Waals surface area contributed by atoms with E-state index in [1.807, 2.05) is 25.3 Å². The molecule has 0 aliphatic rings. The zero-order valence-electron chi connectivity index (χ0n) is 7.25. The highest BCUT2D eigenvalue weighted by Gasteiger charge is 1.86. The molecule has 1 nitrogen and oxygen atoms in total. The van der Waals surface area contributed by atoms with Gasteiger partial charge in [0.15, 0.2) is 0 Å². The van der Waals surface area contributed by atoms with Gasteiger partial charge in [0.05, 0.1) is 0 Å². The van der Waals surface area contributed by atoms with Gasteiger partial charge >= 0.3 is 0 Å². The SMILES string of the molecule is C=CC.c1ccc2[nH]ccc2c1. The van der Waals surface area contributed by atoms with Gasteiger partial charge in [0.2, 0.25) is 0 Å². The Balaban J connectivity index is 0.000000213. The fraction of sp³-hybridized carbons (Fsp3) is 0.0909. The molecule has 0 aliphatic heterocycles. The Morgan fingerprint density at radius 1 is 1.25 bits per heavy atom. The molecule has 1 aromatic carbocycles. The van der Waals surface area contributed by atoms with Gasteiger partial charge in [-0.15, -0.1) is 6.58 Å². The Labute approximate surface area is 72.7 Å². The van der Waals surface area contributed by atoms with E-state index in [1.165, 1.54) is 10.9 Å². The highest BCUT2D eigenvalue weighted by molar-refractivity contribution is 5.78. The van der Waals surface area contributed by atoms with Crippen molar-refractivity contribution in [3.8, 4) is 0 Å². The minimum Gasteiger partial charge on any atom is -0.361 e. The lowest BCUT2D eigenvalue weighted by Crippen LogP contribution is -1.61. The van der Waals surface area contributed by atoms with Crippen molar-refractivity contribution in [3.63, 3.8) is 0 Å². The molecule has 0 unspecified atom stereocenters. The highest BCUT2D eigenvalue weighted by atomic mass is 14.6. The molecule has 1 N–H and O–H groups in total. The van der Waals surface area contributed by atoms with Crippen molar-refractivity contribution < 1.29 is 0 Å². The molecular weight excluding hydrogens is 146 g/mol. The zero-order chi connectivity index (χ0) is 8.81. The first-order valence-corrected chi connectivity index (χ1v) is 3.97. The quantitative estimate of drug-likeness (QED) is 0.567. The van der Waals surface area contributed by atoms with E-state index in [0.717, 1.165) is 0 Å². The number of H-pyrrole nitrogens is 1. The van der Waals surface area contributed by atoms with Crippen LogP contribution < -0.4 is 0 Å². The second-order valence-corrected chi connectivity index (χ2v) is 2.47. The van der Waals surface area contributed by atoms with Gasteiger partial charge in [-0.05, 0) is 24.4 Å². The van der Waals surface area contributed by atoms with Crippen LogP contribution >= 0.6 is 0 Å². The van der Waals surface area contributed by atoms with Crippen LogP contribution in [-0.4, -0.2) is 4.98 Å². The third-order valence-corrected chi connectivity index (χ3v) is 1.46. The second-order valence-electron chi connectivity index (χ2n) is 2.47. The molecule has 2 rings (SSSR count). The summed E-state index contributed by atoms with van der Waals surface area (Å²) in [5.74, 6) is 0. The summed E-state index contributed by atoms with van der Waals surface area (Å²) in [4.78, 5) is 3.12. The summed E-state index contributed by atoms with van der Waals surface area (Å²) in [6.07, 6.45) is 3.70. The van der Waals surface area contributed by atoms with Crippen LogP contribution in [0.1, 0.15) is 6.92 Å². The van der Waals surface area contributed by atoms with E-state index in [2.05, 4.69) is 29.8 Å². The lowest BCUT2D eigenvalue weighted by Gasteiger charge is -1.83. The Morgan fingerprint density at radius 2 is 1.92 bits per heavy atom. The van der Waals surface area contributed by atoms with E-state index < -0.39 is 0 Å². The molecule has 0 fully saturated rings. The van der Waals surface area contributed by atoms with Crippen molar-refractivity contribution in [2.24, 2.45) is 0 Å². The fourth-order valence-corrected chi connectivity index (χ4v) is 0.995. The Morgan fingerprint density at radius 3 is 2.58 bits per heavy atom. The average molecular weight is 159 g/mol. The van der Waals surface area contributed by atoms with Gasteiger partial charge in [-0.2, -0.15) is 0 Å². The Hall–Kier alpha value is -1.50. The maximum atomic E-state index is 3.36. The van der Waals surface area contributed by atoms with Crippen LogP contribution in [0.3, 0.4) is 0 Å². The third-order valence-electron chi connectivity index (χ3n) is 1.46. The first-order valence-electron chi connectivity index (χ1n) is 3.97. The molecule has 0 atom stereocenters. The molecule has 0 saturated carbocycles. The number of aromatic amines is 1. The normalized spacial score (nSPS) is 8.75. The number of nitrogens with one attached hydrogen (secondary N) is 1. The summed E-state index contributed by atoms with van der Waals surface area (Å²) in [6.45, 7) is 5.25. The van der Waals surface area contributed by atoms with Gasteiger partial charge < -0.3 is 4.98 Å². The summed E-state index contributed by atoms with van der Waals surface area (Å²) in [5, 5.41) is 1.28. The molecule has 1 heteroatoms. The molecule has 62 valence electrons. The van der Waals surface area contributed by atoms with Gasteiger partial charge in [-0.25, -0.2) is 0 Å². The number of hydrogen-bond acceptors (Lipinski definition) is 0. The van der Waals surface area contributed by atoms with E-state index in [-0.39, 0.29) is 0 Å². The van der Waals surface area contributed by atoms with Crippen LogP contribution in [0.5, 0.6) is 0 Å². The number of hydrogen-bond donors (Lipinski definition) is 1. The number of rotatable bonds is 0. The van der Waals surface area contributed by atoms with Crippen molar-refractivity contribution in [1.82, 2.24) is 4.98 Å². The van der Waals surface area contributed by atoms with E-state index in [1.54, 1.807) is 6.08 Å². The summed E-state index contributed by atoms with van der Waals surface area (Å²) >= 11 is 0. The molecule has 0 spiro atoms. The first-order chi connectivity index (χ1) is 5.88. The van der Waals surface area contributed by atoms with Gasteiger partial charge in [0.25, 0.3) is 0 Å². The predicted octanol–water partition coefficient (Wildman–Crippen LogP) is 3.36. The van der Waals surface area contributed by atoms with Crippen LogP contribution in [0, 0.1) is 0 Å². The third kappa shape index (κ3) is 1.99. The van der Waals surface area contributed by atoms with Crippen LogP contribution in [-0.2, 0) is 0 Å². The van der Waals surface area contributed by atoms with Crippen molar-refractivity contribution in [3.05, 3.63) is 49.2 Å². The minimum absolute atomic E-state index is 1.21. The number of para-hydroxylation sites is 1. The molecule has 2 aromatic rings. The number of benzene rings is 1. The predicted molar refractivity (Wildman–Crippen MR) is 54.2 cm³/mol. The molecule has 0 aliphatic carbocycles. The lowest BCUT2D eigenvalue weighted by molar-refractivity contribution is 1.48. The maximum absolute atomic E-state index is 3.36. The van der Waals surface area contributed by atoms with E-state index in [4.69, 9.17) is 0 Å². The smallest absolute Gasteiger partial charge is 0.0453 e. The molecule has 12 heavy (non-hydrogen) atoms. The largest absolute Gasteiger partial charge is 0.361 e. The number of aromatic nitrogens is 1. The van der Waals surface area contributed by atoms with Crippen LogP contribution in [0.25, 0.3) is 10.9 Å². The van der Waals surface area contributed by atoms with Crippen molar-refractivity contribution in [1.29, 1.82) is 0 Å². The van der Waals surface area contributed by atoms with Crippen molar-refractivity contribution in [2.45, 2.75) is 6.92 Å². The Kier molecular flexibility index (Phi) is 3.15. The molecular formula is C11H13N. The average Bonchev–Trinajstić information content (AvgIpc) is 2.52. The zero-order valence-corrected chi connectivity index (χ0v) is 7.25. The topological polar surface area (TPSA) is 15.8 Å². The van der Waals surface area contributed by atoms with Crippen LogP contribution in [0.15, 0.2) is 49.2 Å². The highest BCUT2D eigenvalue weighted by Crippen LogP contribution is 2.09. The fourth-order valence-electron chi connectivity index (χ4n) is 0.995. The van der Waals surface area contributed by atoms with Gasteiger partial charge in [-0.1, -0.05) is 24.3 Å². The van der Waals surface area contributed by atoms with E-state index >= 15 is 0 Å². The van der Waals surface area contributed by atoms with Gasteiger partial charge in [0.1, 0.15) is 0 Å². The van der Waals surface area contributed by atoms with Gasteiger partial charge in [-0.3, -0.25) is 0 Å². The molecule has 0 saturated heterocycles. The monoisotopic (exact) mass is 159 g/mol. The summed E-state index contributed by atoms with van der Waals surface area (Å²) in [6, 6.07) is 10.3. The standard InChI is InChI=1S/C8H7N.C3H6/c1-2-4-8-7(3-1)5-6-9-8;1-3-2/h1-6,9H;3H,1H2,2H3. The van der Waals surface area contributed by atoms with Crippen LogP contribution in [0.4, 0.5) is 0 Å². The van der Waals surface area contributed by atoms with Crippen LogP contribution in [0.2, 0.25) is 0 Å². The molecule has 1 heterocycles. The maximum Gasteiger partial charge on any atom is 0.0453 e. The molecule has 0 amide bonds. The number of fused-ring (bicyclic) bond motifs is 1.